The van der Waals surface area contributed by atoms with Gasteiger partial charge in [-0.05, 0) is 19.8 Å². The highest BCUT2D eigenvalue weighted by Gasteiger charge is 2.37. The SMILES string of the molecule is CC1CC(N)=NC(=O)N1[C@H]1CCC(CO)S1. The molecule has 2 amide bonds. The number of aliphatic hydroxyl groups excluding tert-OH is 1. The third kappa shape index (κ3) is 2.17. The van der Waals surface area contributed by atoms with E-state index in [1.165, 1.54) is 0 Å². The van der Waals surface area contributed by atoms with Crippen LogP contribution in [0.2, 0.25) is 0 Å². The third-order valence-corrected chi connectivity index (χ3v) is 4.59. The van der Waals surface area contributed by atoms with Crippen LogP contribution in [0.5, 0.6) is 0 Å². The second-order valence-corrected chi connectivity index (χ2v) is 5.80. The van der Waals surface area contributed by atoms with Crippen LogP contribution in [0, 0.1) is 0 Å². The maximum absolute atomic E-state index is 11.8. The number of amides is 2. The van der Waals surface area contributed by atoms with E-state index in [9.17, 15) is 4.79 Å². The average molecular weight is 243 g/mol. The van der Waals surface area contributed by atoms with Crippen LogP contribution < -0.4 is 5.73 Å². The molecule has 0 aromatic heterocycles. The molecule has 1 fully saturated rings. The summed E-state index contributed by atoms with van der Waals surface area (Å²) < 4.78 is 0. The predicted octanol–water partition coefficient (Wildman–Crippen LogP) is 0.772. The summed E-state index contributed by atoms with van der Waals surface area (Å²) in [6, 6.07) is -0.118. The summed E-state index contributed by atoms with van der Waals surface area (Å²) >= 11 is 1.67. The van der Waals surface area contributed by atoms with E-state index in [1.807, 2.05) is 6.92 Å². The summed E-state index contributed by atoms with van der Waals surface area (Å²) in [6.07, 6.45) is 2.54. The lowest BCUT2D eigenvalue weighted by Gasteiger charge is -2.35. The molecule has 2 unspecified atom stereocenters. The molecule has 3 N–H and O–H groups in total. The first-order valence-corrected chi connectivity index (χ1v) is 6.47. The molecule has 16 heavy (non-hydrogen) atoms. The van der Waals surface area contributed by atoms with Crippen molar-refractivity contribution in [1.29, 1.82) is 0 Å². The fourth-order valence-electron chi connectivity index (χ4n) is 2.25. The molecule has 0 saturated carbocycles. The van der Waals surface area contributed by atoms with Crippen molar-refractivity contribution < 1.29 is 9.90 Å². The van der Waals surface area contributed by atoms with Gasteiger partial charge in [0.05, 0.1) is 12.0 Å². The Hall–Kier alpha value is -0.750. The lowest BCUT2D eigenvalue weighted by Crippen LogP contribution is -2.47. The van der Waals surface area contributed by atoms with Gasteiger partial charge in [-0.3, -0.25) is 0 Å². The number of rotatable bonds is 2. The number of carbonyl (C=O) groups excluding carboxylic acids is 1. The number of aliphatic hydroxyl groups is 1. The van der Waals surface area contributed by atoms with Crippen LogP contribution in [-0.4, -0.2) is 45.1 Å². The highest BCUT2D eigenvalue weighted by atomic mass is 32.2. The lowest BCUT2D eigenvalue weighted by molar-refractivity contribution is 0.178. The molecule has 0 bridgehead atoms. The van der Waals surface area contributed by atoms with E-state index in [0.717, 1.165) is 12.8 Å². The maximum atomic E-state index is 11.8. The smallest absolute Gasteiger partial charge is 0.346 e. The van der Waals surface area contributed by atoms with Crippen LogP contribution in [0.25, 0.3) is 0 Å². The number of thioether (sulfide) groups is 1. The van der Waals surface area contributed by atoms with E-state index >= 15 is 0 Å². The van der Waals surface area contributed by atoms with E-state index in [-0.39, 0.29) is 29.3 Å². The van der Waals surface area contributed by atoms with E-state index in [1.54, 1.807) is 16.7 Å². The quantitative estimate of drug-likeness (QED) is 0.751. The van der Waals surface area contributed by atoms with Gasteiger partial charge in [-0.15, -0.1) is 11.8 Å². The Morgan fingerprint density at radius 1 is 1.62 bits per heavy atom. The molecule has 3 atom stereocenters. The van der Waals surface area contributed by atoms with Gasteiger partial charge in [-0.1, -0.05) is 0 Å². The number of urea groups is 1. The van der Waals surface area contributed by atoms with E-state index < -0.39 is 0 Å². The van der Waals surface area contributed by atoms with Crippen LogP contribution in [-0.2, 0) is 0 Å². The minimum absolute atomic E-state index is 0.111. The molecule has 0 aromatic rings. The highest BCUT2D eigenvalue weighted by Crippen LogP contribution is 2.37. The Balaban J connectivity index is 2.07. The normalized spacial score (nSPS) is 35.4. The van der Waals surface area contributed by atoms with Crippen molar-refractivity contribution in [2.75, 3.05) is 6.61 Å². The van der Waals surface area contributed by atoms with Crippen molar-refractivity contribution in [3.05, 3.63) is 0 Å². The van der Waals surface area contributed by atoms with Crippen LogP contribution in [0.1, 0.15) is 26.2 Å². The van der Waals surface area contributed by atoms with Gasteiger partial charge in [-0.2, -0.15) is 4.99 Å². The van der Waals surface area contributed by atoms with Crippen LogP contribution in [0.3, 0.4) is 0 Å². The zero-order valence-corrected chi connectivity index (χ0v) is 10.1. The Kier molecular flexibility index (Phi) is 3.39. The number of nitrogens with two attached hydrogens (primary N) is 1. The molecular weight excluding hydrogens is 226 g/mol. The number of nitrogens with zero attached hydrogens (tertiary/aromatic N) is 2. The summed E-state index contributed by atoms with van der Waals surface area (Å²) in [6.45, 7) is 2.18. The Labute approximate surface area is 99.1 Å². The maximum Gasteiger partial charge on any atom is 0.346 e. The number of amidine groups is 1. The van der Waals surface area contributed by atoms with Crippen molar-refractivity contribution in [1.82, 2.24) is 4.90 Å². The Bertz CT molecular complexity index is 321. The first-order valence-electron chi connectivity index (χ1n) is 5.53. The molecule has 0 aliphatic carbocycles. The molecule has 0 aromatic carbocycles. The number of hydrogen-bond acceptors (Lipinski definition) is 4. The van der Waals surface area contributed by atoms with Gasteiger partial charge in [0, 0.05) is 17.7 Å². The van der Waals surface area contributed by atoms with Crippen molar-refractivity contribution in [2.45, 2.75) is 42.9 Å². The van der Waals surface area contributed by atoms with Gasteiger partial charge in [0.1, 0.15) is 5.84 Å². The minimum atomic E-state index is -0.229. The van der Waals surface area contributed by atoms with Crippen LogP contribution >= 0.6 is 11.8 Å². The van der Waals surface area contributed by atoms with Gasteiger partial charge in [0.2, 0.25) is 0 Å². The minimum Gasteiger partial charge on any atom is -0.395 e. The molecule has 1 saturated heterocycles. The molecule has 6 heteroatoms. The second-order valence-electron chi connectivity index (χ2n) is 4.32. The zero-order chi connectivity index (χ0) is 11.7. The standard InChI is InChI=1S/C10H17N3O2S/c1-6-4-8(11)12-10(15)13(6)9-3-2-7(5-14)16-9/h6-7,9,14H,2-5H2,1H3,(H2,11,12,15)/t6?,7?,9-/m1/s1. The van der Waals surface area contributed by atoms with Crippen molar-refractivity contribution in [3.8, 4) is 0 Å². The topological polar surface area (TPSA) is 78.9 Å². The molecular formula is C10H17N3O2S. The number of hydrogen-bond donors (Lipinski definition) is 2. The van der Waals surface area contributed by atoms with E-state index in [4.69, 9.17) is 10.8 Å². The molecule has 2 aliphatic rings. The molecule has 5 nitrogen and oxygen atoms in total. The number of carbonyl (C=O) groups is 1. The predicted molar refractivity (Wildman–Crippen MR) is 64.4 cm³/mol. The molecule has 90 valence electrons. The lowest BCUT2D eigenvalue weighted by atomic mass is 10.1. The largest absolute Gasteiger partial charge is 0.395 e. The van der Waals surface area contributed by atoms with Gasteiger partial charge in [-0.25, -0.2) is 4.79 Å². The number of aliphatic imine (C=N–C) groups is 1. The first kappa shape index (κ1) is 11.7. The highest BCUT2D eigenvalue weighted by molar-refractivity contribution is 8.00. The summed E-state index contributed by atoms with van der Waals surface area (Å²) in [7, 11) is 0. The van der Waals surface area contributed by atoms with Crippen LogP contribution in [0.15, 0.2) is 4.99 Å². The van der Waals surface area contributed by atoms with Crippen molar-refractivity contribution in [3.63, 3.8) is 0 Å². The molecule has 0 radical (unpaired) electrons. The fourth-order valence-corrected chi connectivity index (χ4v) is 3.75. The first-order chi connectivity index (χ1) is 7.61. The monoisotopic (exact) mass is 243 g/mol. The van der Waals surface area contributed by atoms with Crippen molar-refractivity contribution in [2.24, 2.45) is 10.7 Å². The second kappa shape index (κ2) is 4.63. The van der Waals surface area contributed by atoms with Gasteiger partial charge in [0.15, 0.2) is 0 Å². The van der Waals surface area contributed by atoms with E-state index in [0.29, 0.717) is 12.3 Å². The van der Waals surface area contributed by atoms with Crippen LogP contribution in [0.4, 0.5) is 4.79 Å². The molecule has 2 rings (SSSR count). The summed E-state index contributed by atoms with van der Waals surface area (Å²) in [4.78, 5) is 17.4. The fraction of sp³-hybridized carbons (Fsp3) is 0.800. The summed E-state index contributed by atoms with van der Waals surface area (Å²) in [5, 5.41) is 9.49. The third-order valence-electron chi connectivity index (χ3n) is 3.04. The Morgan fingerprint density at radius 3 is 2.94 bits per heavy atom. The molecule has 0 spiro atoms. The zero-order valence-electron chi connectivity index (χ0n) is 9.30. The van der Waals surface area contributed by atoms with E-state index in [2.05, 4.69) is 4.99 Å². The van der Waals surface area contributed by atoms with Gasteiger partial charge < -0.3 is 15.7 Å². The Morgan fingerprint density at radius 2 is 2.38 bits per heavy atom. The summed E-state index contributed by atoms with van der Waals surface area (Å²) in [5.74, 6) is 0.426. The average Bonchev–Trinajstić information content (AvgIpc) is 2.64. The van der Waals surface area contributed by atoms with Crippen molar-refractivity contribution >= 4 is 23.6 Å². The van der Waals surface area contributed by atoms with Gasteiger partial charge in [0.25, 0.3) is 0 Å². The summed E-state index contributed by atoms with van der Waals surface area (Å²) in [5.41, 5.74) is 5.59. The molecule has 2 heterocycles. The molecule has 2 aliphatic heterocycles. The van der Waals surface area contributed by atoms with Gasteiger partial charge >= 0.3 is 6.03 Å².